The smallest absolute Gasteiger partial charge is 0.119 e. The Hall–Kier alpha value is -3.60. The van der Waals surface area contributed by atoms with E-state index in [4.69, 9.17) is 18.9 Å². The summed E-state index contributed by atoms with van der Waals surface area (Å²) in [6.45, 7) is 13.9. The molecule has 0 amide bonds. The van der Waals surface area contributed by atoms with E-state index in [1.54, 1.807) is 0 Å². The molecule has 0 radical (unpaired) electrons. The van der Waals surface area contributed by atoms with Crippen LogP contribution in [0.2, 0.25) is 0 Å². The fraction of sp³-hybridized carbons (Fsp3) is 0.415. The van der Waals surface area contributed by atoms with Crippen molar-refractivity contribution in [1.29, 1.82) is 0 Å². The van der Waals surface area contributed by atoms with Crippen molar-refractivity contribution < 1.29 is 18.9 Å². The van der Waals surface area contributed by atoms with Crippen LogP contribution in [0, 0.1) is 37.5 Å². The summed E-state index contributed by atoms with van der Waals surface area (Å²) >= 11 is 0. The Kier molecular flexibility index (Phi) is 8.46. The number of ether oxygens (including phenoxy) is 4. The van der Waals surface area contributed by atoms with Crippen LogP contribution in [-0.4, -0.2) is 39.6 Å². The van der Waals surface area contributed by atoms with Gasteiger partial charge in [-0.2, -0.15) is 0 Å². The highest BCUT2D eigenvalue weighted by Gasteiger charge is 2.47. The maximum Gasteiger partial charge on any atom is 0.119 e. The molecule has 2 atom stereocenters. The SMILES string of the molecule is CCC(COc1ccc(C2(c3ccc(OCC(CC)C4COC4)cc3C)c3ccccc3-c3ccccc32)c(C)c1)C1COC1. The monoisotopic (exact) mass is 602 g/mol. The Balaban J connectivity index is 1.28. The second-order valence-corrected chi connectivity index (χ2v) is 13.3. The normalized spacial score (nSPS) is 18.3. The number of hydrogen-bond donors (Lipinski definition) is 0. The maximum atomic E-state index is 6.44. The third-order valence-corrected chi connectivity index (χ3v) is 10.8. The topological polar surface area (TPSA) is 36.9 Å². The Morgan fingerprint density at radius 3 is 1.38 bits per heavy atom. The zero-order chi connectivity index (χ0) is 31.0. The molecule has 4 nitrogen and oxygen atoms in total. The first kappa shape index (κ1) is 30.1. The lowest BCUT2D eigenvalue weighted by atomic mass is 9.65. The van der Waals surface area contributed by atoms with Gasteiger partial charge in [0.2, 0.25) is 0 Å². The van der Waals surface area contributed by atoms with Crippen LogP contribution in [0.5, 0.6) is 11.5 Å². The fourth-order valence-electron chi connectivity index (χ4n) is 7.89. The van der Waals surface area contributed by atoms with Crippen LogP contribution in [0.15, 0.2) is 84.9 Å². The standard InChI is InChI=1S/C41H46O4/c1-5-29(31-21-42-22-31)25-44-33-15-17-37(27(3)19-33)41(39-13-9-7-11-35(39)36-12-8-10-14-40(36)41)38-18-16-34(20-28(38)4)45-26-30(6-2)32-23-43-24-32/h7-20,29-32H,5-6,21-26H2,1-4H3. The molecule has 45 heavy (non-hydrogen) atoms. The second-order valence-electron chi connectivity index (χ2n) is 13.3. The molecule has 2 saturated heterocycles. The van der Waals surface area contributed by atoms with Crippen molar-refractivity contribution in [3.05, 3.63) is 118 Å². The molecular formula is C41H46O4. The number of aryl methyl sites for hydroxylation is 2. The van der Waals surface area contributed by atoms with Crippen molar-refractivity contribution in [1.82, 2.24) is 0 Å². The Labute approximate surface area is 268 Å². The maximum absolute atomic E-state index is 6.44. The van der Waals surface area contributed by atoms with Gasteiger partial charge >= 0.3 is 0 Å². The Bertz CT molecular complexity index is 1530. The number of hydrogen-bond acceptors (Lipinski definition) is 4. The van der Waals surface area contributed by atoms with Crippen molar-refractivity contribution >= 4 is 0 Å². The van der Waals surface area contributed by atoms with Gasteiger partial charge in [-0.15, -0.1) is 0 Å². The van der Waals surface area contributed by atoms with Gasteiger partial charge in [-0.05, 0) is 107 Å². The van der Waals surface area contributed by atoms with E-state index in [1.165, 1.54) is 44.5 Å². The lowest BCUT2D eigenvalue weighted by Crippen LogP contribution is -2.37. The van der Waals surface area contributed by atoms with E-state index in [0.717, 1.165) is 64.0 Å². The number of fused-ring (bicyclic) bond motifs is 3. The first-order chi connectivity index (χ1) is 22.0. The van der Waals surface area contributed by atoms with E-state index in [-0.39, 0.29) is 0 Å². The first-order valence-corrected chi connectivity index (χ1v) is 16.9. The predicted molar refractivity (Wildman–Crippen MR) is 180 cm³/mol. The summed E-state index contributed by atoms with van der Waals surface area (Å²) in [4.78, 5) is 0. The Morgan fingerprint density at radius 1 is 0.600 bits per heavy atom. The lowest BCUT2D eigenvalue weighted by molar-refractivity contribution is -0.0694. The lowest BCUT2D eigenvalue weighted by Gasteiger charge is -2.37. The van der Waals surface area contributed by atoms with E-state index >= 15 is 0 Å². The molecule has 0 saturated carbocycles. The van der Waals surface area contributed by atoms with Crippen molar-refractivity contribution in [3.63, 3.8) is 0 Å². The molecule has 2 unspecified atom stereocenters. The molecule has 2 aliphatic heterocycles. The van der Waals surface area contributed by atoms with E-state index in [2.05, 4.69) is 113 Å². The summed E-state index contributed by atoms with van der Waals surface area (Å²) in [6.07, 6.45) is 2.21. The van der Waals surface area contributed by atoms with Gasteiger partial charge in [0, 0.05) is 11.8 Å². The van der Waals surface area contributed by atoms with Gasteiger partial charge in [0.05, 0.1) is 45.1 Å². The fourth-order valence-corrected chi connectivity index (χ4v) is 7.89. The largest absolute Gasteiger partial charge is 0.493 e. The van der Waals surface area contributed by atoms with Gasteiger partial charge in [0.25, 0.3) is 0 Å². The minimum Gasteiger partial charge on any atom is -0.493 e. The summed E-state index contributed by atoms with van der Waals surface area (Å²) in [7, 11) is 0. The average Bonchev–Trinajstić information content (AvgIpc) is 3.30. The van der Waals surface area contributed by atoms with Crippen LogP contribution in [0.25, 0.3) is 11.1 Å². The summed E-state index contributed by atoms with van der Waals surface area (Å²) in [5, 5.41) is 0. The van der Waals surface area contributed by atoms with Gasteiger partial charge in [-0.1, -0.05) is 74.5 Å². The highest BCUT2D eigenvalue weighted by Crippen LogP contribution is 2.57. The second kappa shape index (κ2) is 12.7. The quantitative estimate of drug-likeness (QED) is 0.143. The number of rotatable bonds is 12. The van der Waals surface area contributed by atoms with Crippen LogP contribution in [0.1, 0.15) is 60.1 Å². The number of benzene rings is 4. The molecule has 0 N–H and O–H groups in total. The molecule has 0 spiro atoms. The predicted octanol–water partition coefficient (Wildman–Crippen LogP) is 8.77. The first-order valence-electron chi connectivity index (χ1n) is 16.9. The molecule has 234 valence electrons. The molecular weight excluding hydrogens is 556 g/mol. The third kappa shape index (κ3) is 5.26. The van der Waals surface area contributed by atoms with E-state index in [9.17, 15) is 0 Å². The highest BCUT2D eigenvalue weighted by molar-refractivity contribution is 5.87. The summed E-state index contributed by atoms with van der Waals surface area (Å²) in [5.41, 5.74) is 9.84. The van der Waals surface area contributed by atoms with E-state index in [1.807, 2.05) is 0 Å². The van der Waals surface area contributed by atoms with Gasteiger partial charge in [0.15, 0.2) is 0 Å². The minimum atomic E-state index is -0.455. The minimum absolute atomic E-state index is 0.455. The van der Waals surface area contributed by atoms with Crippen LogP contribution < -0.4 is 9.47 Å². The van der Waals surface area contributed by atoms with Crippen molar-refractivity contribution in [2.45, 2.75) is 46.0 Å². The summed E-state index contributed by atoms with van der Waals surface area (Å²) in [5.74, 6) is 4.15. The molecule has 2 fully saturated rings. The van der Waals surface area contributed by atoms with E-state index in [0.29, 0.717) is 23.7 Å². The van der Waals surface area contributed by atoms with Crippen molar-refractivity contribution in [2.75, 3.05) is 39.6 Å². The van der Waals surface area contributed by atoms with Gasteiger partial charge in [-0.3, -0.25) is 0 Å². The molecule has 7 rings (SSSR count). The molecule has 4 aromatic carbocycles. The molecule has 1 aliphatic carbocycles. The molecule has 0 aromatic heterocycles. The average molecular weight is 603 g/mol. The molecule has 3 aliphatic rings. The molecule has 4 heteroatoms. The molecule has 2 heterocycles. The summed E-state index contributed by atoms with van der Waals surface area (Å²) < 4.78 is 23.8. The zero-order valence-corrected chi connectivity index (χ0v) is 27.2. The Morgan fingerprint density at radius 2 is 1.02 bits per heavy atom. The molecule has 4 aromatic rings. The van der Waals surface area contributed by atoms with Crippen molar-refractivity contribution in [2.24, 2.45) is 23.7 Å². The third-order valence-electron chi connectivity index (χ3n) is 10.8. The highest BCUT2D eigenvalue weighted by atomic mass is 16.5. The van der Waals surface area contributed by atoms with Crippen LogP contribution in [0.4, 0.5) is 0 Å². The zero-order valence-electron chi connectivity index (χ0n) is 27.2. The van der Waals surface area contributed by atoms with Crippen LogP contribution in [-0.2, 0) is 14.9 Å². The van der Waals surface area contributed by atoms with Crippen LogP contribution >= 0.6 is 0 Å². The van der Waals surface area contributed by atoms with Crippen LogP contribution in [0.3, 0.4) is 0 Å². The van der Waals surface area contributed by atoms with E-state index < -0.39 is 5.41 Å². The van der Waals surface area contributed by atoms with Gasteiger partial charge in [0.1, 0.15) is 11.5 Å². The van der Waals surface area contributed by atoms with Gasteiger partial charge < -0.3 is 18.9 Å². The molecule has 0 bridgehead atoms. The summed E-state index contributed by atoms with van der Waals surface area (Å²) in [6, 6.07) is 31.4. The van der Waals surface area contributed by atoms with Gasteiger partial charge in [-0.25, -0.2) is 0 Å². The van der Waals surface area contributed by atoms with Crippen molar-refractivity contribution in [3.8, 4) is 22.6 Å².